The van der Waals surface area contributed by atoms with Crippen LogP contribution < -0.4 is 5.73 Å². The summed E-state index contributed by atoms with van der Waals surface area (Å²) in [4.78, 5) is 3.58. The summed E-state index contributed by atoms with van der Waals surface area (Å²) in [6.07, 6.45) is -4.59. The Morgan fingerprint density at radius 3 is 2.47 bits per heavy atom. The molecule has 17 heavy (non-hydrogen) atoms. The van der Waals surface area contributed by atoms with E-state index >= 15 is 0 Å². The Bertz CT molecular complexity index is 454. The predicted molar refractivity (Wildman–Crippen MR) is 58.1 cm³/mol. The smallest absolute Gasteiger partial charge is 0.386 e. The van der Waals surface area contributed by atoms with Crippen molar-refractivity contribution in [3.63, 3.8) is 0 Å². The van der Waals surface area contributed by atoms with Crippen LogP contribution in [0.5, 0.6) is 0 Å². The highest BCUT2D eigenvalue weighted by molar-refractivity contribution is 6.28. The molecule has 0 fully saturated rings. The number of hydrogen-bond donors (Lipinski definition) is 1. The zero-order chi connectivity index (χ0) is 13.2. The molecule has 0 aliphatic rings. The molecule has 0 unspecified atom stereocenters. The van der Waals surface area contributed by atoms with E-state index in [1.165, 1.54) is 6.92 Å². The van der Waals surface area contributed by atoms with E-state index in [1.807, 2.05) is 0 Å². The Balaban J connectivity index is 3.28. The minimum Gasteiger partial charge on any atom is -0.386 e. The lowest BCUT2D eigenvalue weighted by Crippen LogP contribution is -2.13. The Hall–Kier alpha value is -1.30. The lowest BCUT2D eigenvalue weighted by molar-refractivity contribution is -0.138. The summed E-state index contributed by atoms with van der Waals surface area (Å²) in [6, 6.07) is 1.38. The third-order valence-electron chi connectivity index (χ3n) is 2.00. The molecule has 0 atom stereocenters. The zero-order valence-electron chi connectivity index (χ0n) is 8.78. The highest BCUT2D eigenvalue weighted by Crippen LogP contribution is 2.34. The highest BCUT2D eigenvalue weighted by atomic mass is 35.5. The van der Waals surface area contributed by atoms with Crippen LogP contribution >= 0.6 is 11.6 Å². The second kappa shape index (κ2) is 4.91. The van der Waals surface area contributed by atoms with E-state index in [4.69, 9.17) is 17.3 Å². The summed E-state index contributed by atoms with van der Waals surface area (Å²) < 4.78 is 50.7. The van der Waals surface area contributed by atoms with Crippen LogP contribution in [0.3, 0.4) is 0 Å². The number of aryl methyl sites for hydroxylation is 1. The molecule has 2 N–H and O–H groups in total. The minimum absolute atomic E-state index is 0.0651. The van der Waals surface area contributed by atoms with Crippen molar-refractivity contribution in [3.8, 4) is 0 Å². The van der Waals surface area contributed by atoms with Gasteiger partial charge in [0.15, 0.2) is 0 Å². The van der Waals surface area contributed by atoms with Gasteiger partial charge in [-0.1, -0.05) is 0 Å². The lowest BCUT2D eigenvalue weighted by atomic mass is 10.1. The van der Waals surface area contributed by atoms with E-state index in [9.17, 15) is 17.6 Å². The SMILES string of the molecule is Cc1cc(N=C(N)CCl)c(F)cc1C(F)(F)F. The van der Waals surface area contributed by atoms with Crippen molar-refractivity contribution in [2.24, 2.45) is 10.7 Å². The third kappa shape index (κ3) is 3.33. The van der Waals surface area contributed by atoms with E-state index in [2.05, 4.69) is 4.99 Å². The summed E-state index contributed by atoms with van der Waals surface area (Å²) in [5.74, 6) is -1.28. The molecule has 1 aromatic carbocycles. The summed E-state index contributed by atoms with van der Waals surface area (Å²) in [5, 5.41) is 0. The standard InChI is InChI=1S/C10H9ClF4N2/c1-5-2-8(17-9(16)4-11)7(12)3-6(5)10(13,14)15/h2-3H,4H2,1H3,(H2,16,17). The van der Waals surface area contributed by atoms with E-state index in [0.717, 1.165) is 6.07 Å². The minimum atomic E-state index is -4.59. The average molecular weight is 269 g/mol. The Labute approximate surface area is 100 Å². The monoisotopic (exact) mass is 268 g/mol. The normalized spacial score (nSPS) is 12.9. The summed E-state index contributed by atoms with van der Waals surface area (Å²) >= 11 is 5.34. The van der Waals surface area contributed by atoms with Crippen molar-refractivity contribution in [2.75, 3.05) is 5.88 Å². The largest absolute Gasteiger partial charge is 0.416 e. The predicted octanol–water partition coefficient (Wildman–Crippen LogP) is 3.38. The molecule has 0 bridgehead atoms. The van der Waals surface area contributed by atoms with Crippen LogP contribution in [0.2, 0.25) is 0 Å². The maximum Gasteiger partial charge on any atom is 0.416 e. The van der Waals surface area contributed by atoms with Crippen LogP contribution in [0.25, 0.3) is 0 Å². The third-order valence-corrected chi connectivity index (χ3v) is 2.27. The number of benzene rings is 1. The molecular weight excluding hydrogens is 260 g/mol. The first-order chi connectivity index (χ1) is 7.75. The van der Waals surface area contributed by atoms with Gasteiger partial charge in [-0.2, -0.15) is 13.2 Å². The number of nitrogens with two attached hydrogens (primary N) is 1. The number of hydrogen-bond acceptors (Lipinski definition) is 1. The second-order valence-electron chi connectivity index (χ2n) is 3.35. The van der Waals surface area contributed by atoms with Gasteiger partial charge in [0, 0.05) is 0 Å². The number of alkyl halides is 4. The Kier molecular flexibility index (Phi) is 3.98. The van der Waals surface area contributed by atoms with Crippen molar-refractivity contribution in [1.82, 2.24) is 0 Å². The number of halogens is 5. The molecule has 1 aromatic rings. The molecule has 94 valence electrons. The average Bonchev–Trinajstić information content (AvgIpc) is 2.21. The van der Waals surface area contributed by atoms with Crippen LogP contribution in [0, 0.1) is 12.7 Å². The molecule has 0 spiro atoms. The van der Waals surface area contributed by atoms with Gasteiger partial charge in [0.25, 0.3) is 0 Å². The fourth-order valence-corrected chi connectivity index (χ4v) is 1.30. The maximum atomic E-state index is 13.4. The molecule has 0 saturated carbocycles. The van der Waals surface area contributed by atoms with Crippen LogP contribution in [0.1, 0.15) is 11.1 Å². The van der Waals surface area contributed by atoms with Gasteiger partial charge in [-0.25, -0.2) is 9.38 Å². The van der Waals surface area contributed by atoms with Gasteiger partial charge in [0.05, 0.1) is 11.4 Å². The van der Waals surface area contributed by atoms with E-state index in [-0.39, 0.29) is 23.0 Å². The second-order valence-corrected chi connectivity index (χ2v) is 3.62. The van der Waals surface area contributed by atoms with E-state index in [1.54, 1.807) is 0 Å². The van der Waals surface area contributed by atoms with Gasteiger partial charge < -0.3 is 5.73 Å². The van der Waals surface area contributed by atoms with Crippen molar-refractivity contribution >= 4 is 23.1 Å². The van der Waals surface area contributed by atoms with Crippen molar-refractivity contribution in [3.05, 3.63) is 29.1 Å². The fourth-order valence-electron chi connectivity index (χ4n) is 1.24. The number of rotatable bonds is 2. The van der Waals surface area contributed by atoms with E-state index in [0.29, 0.717) is 6.07 Å². The van der Waals surface area contributed by atoms with Crippen LogP contribution in [-0.4, -0.2) is 11.7 Å². The molecule has 0 saturated heterocycles. The van der Waals surface area contributed by atoms with Crippen LogP contribution in [-0.2, 0) is 6.18 Å². The van der Waals surface area contributed by atoms with Crippen molar-refractivity contribution in [2.45, 2.75) is 13.1 Å². The molecule has 2 nitrogen and oxygen atoms in total. The molecular formula is C10H9ClF4N2. The van der Waals surface area contributed by atoms with Crippen molar-refractivity contribution in [1.29, 1.82) is 0 Å². The first-order valence-electron chi connectivity index (χ1n) is 4.52. The fraction of sp³-hybridized carbons (Fsp3) is 0.300. The molecule has 1 rings (SSSR count). The molecule has 0 radical (unpaired) electrons. The molecule has 0 heterocycles. The number of amidine groups is 1. The Morgan fingerprint density at radius 1 is 1.41 bits per heavy atom. The first kappa shape index (κ1) is 13.8. The van der Waals surface area contributed by atoms with Crippen LogP contribution in [0.15, 0.2) is 17.1 Å². The van der Waals surface area contributed by atoms with Gasteiger partial charge in [-0.15, -0.1) is 11.6 Å². The Morgan fingerprint density at radius 2 is 2.00 bits per heavy atom. The highest BCUT2D eigenvalue weighted by Gasteiger charge is 2.33. The van der Waals surface area contributed by atoms with Gasteiger partial charge in [0.1, 0.15) is 17.3 Å². The molecule has 0 aliphatic heterocycles. The quantitative estimate of drug-likeness (QED) is 0.380. The topological polar surface area (TPSA) is 38.4 Å². The summed E-state index contributed by atoms with van der Waals surface area (Å²) in [6.45, 7) is 1.22. The van der Waals surface area contributed by atoms with Gasteiger partial charge in [-0.3, -0.25) is 0 Å². The maximum absolute atomic E-state index is 13.4. The molecule has 7 heteroatoms. The number of aliphatic imine (C=N–C) groups is 1. The first-order valence-corrected chi connectivity index (χ1v) is 5.05. The summed E-state index contributed by atoms with van der Waals surface area (Å²) in [7, 11) is 0. The number of nitrogens with zero attached hydrogens (tertiary/aromatic N) is 1. The zero-order valence-corrected chi connectivity index (χ0v) is 9.53. The van der Waals surface area contributed by atoms with Crippen molar-refractivity contribution < 1.29 is 17.6 Å². The van der Waals surface area contributed by atoms with Gasteiger partial charge in [-0.05, 0) is 24.6 Å². The molecule has 0 aliphatic carbocycles. The lowest BCUT2D eigenvalue weighted by Gasteiger charge is -2.11. The van der Waals surface area contributed by atoms with Crippen LogP contribution in [0.4, 0.5) is 23.2 Å². The van der Waals surface area contributed by atoms with E-state index < -0.39 is 17.6 Å². The molecule has 0 amide bonds. The summed E-state index contributed by atoms with van der Waals surface area (Å²) in [5.41, 5.74) is 3.87. The van der Waals surface area contributed by atoms with Gasteiger partial charge in [0.2, 0.25) is 0 Å². The van der Waals surface area contributed by atoms with Gasteiger partial charge >= 0.3 is 6.18 Å². The molecule has 0 aromatic heterocycles.